The Balaban J connectivity index is 2.71. The molecule has 7 heteroatoms. The number of rotatable bonds is 4. The van der Waals surface area contributed by atoms with Gasteiger partial charge in [-0.2, -0.15) is 0 Å². The van der Waals surface area contributed by atoms with Gasteiger partial charge in [-0.25, -0.2) is 4.79 Å². The van der Waals surface area contributed by atoms with Gasteiger partial charge in [-0.05, 0) is 31.2 Å². The molecule has 1 atom stereocenters. The van der Waals surface area contributed by atoms with Crippen molar-refractivity contribution >= 4 is 24.9 Å². The van der Waals surface area contributed by atoms with Gasteiger partial charge in [0.1, 0.15) is 5.75 Å². The molecule has 0 amide bonds. The number of carbonyl (C=O) groups is 1. The number of benzene rings is 1. The molecule has 0 aliphatic rings. The summed E-state index contributed by atoms with van der Waals surface area (Å²) in [6.07, 6.45) is 0. The molecule has 0 fully saturated rings. The summed E-state index contributed by atoms with van der Waals surface area (Å²) in [7, 11) is -4.60. The van der Waals surface area contributed by atoms with Gasteiger partial charge in [-0.3, -0.25) is 4.57 Å². The normalized spacial score (nSPS) is 14.2. The summed E-state index contributed by atoms with van der Waals surface area (Å²) in [6.45, 7) is 1.34. The van der Waals surface area contributed by atoms with E-state index in [1.807, 2.05) is 0 Å². The molecule has 0 aliphatic carbocycles. The summed E-state index contributed by atoms with van der Waals surface area (Å²) in [5.74, 6) is 0.0881. The largest absolute Gasteiger partial charge is 0.770 e. The van der Waals surface area contributed by atoms with Gasteiger partial charge >= 0.3 is 5.71 Å². The lowest BCUT2D eigenvalue weighted by Gasteiger charge is -2.19. The van der Waals surface area contributed by atoms with Crippen molar-refractivity contribution < 1.29 is 23.5 Å². The number of carbonyl (C=O) groups excluding carboxylic acids is 1. The highest BCUT2D eigenvalue weighted by Crippen LogP contribution is 2.39. The van der Waals surface area contributed by atoms with Gasteiger partial charge in [-0.15, -0.1) is 0 Å². The molecule has 1 rings (SSSR count). The van der Waals surface area contributed by atoms with Crippen molar-refractivity contribution in [3.63, 3.8) is 0 Å². The highest BCUT2D eigenvalue weighted by atomic mass is 35.5. The molecule has 0 aromatic heterocycles. The minimum atomic E-state index is -4.60. The first kappa shape index (κ1) is 13.2. The van der Waals surface area contributed by atoms with E-state index < -0.39 is 13.3 Å². The Labute approximate surface area is 97.5 Å². The van der Waals surface area contributed by atoms with Gasteiger partial charge in [0, 0.05) is 5.02 Å². The van der Waals surface area contributed by atoms with Crippen LogP contribution in [-0.2, 0) is 9.09 Å². The van der Waals surface area contributed by atoms with E-state index in [0.717, 1.165) is 0 Å². The lowest BCUT2D eigenvalue weighted by Crippen LogP contribution is -2.17. The molecule has 0 saturated carbocycles. The van der Waals surface area contributed by atoms with Crippen molar-refractivity contribution in [1.82, 2.24) is 0 Å². The Hall–Kier alpha value is -0.870. The average molecular weight is 264 g/mol. The lowest BCUT2D eigenvalue weighted by molar-refractivity contribution is -0.194. The second-order valence-electron chi connectivity index (χ2n) is 2.74. The predicted octanol–water partition coefficient (Wildman–Crippen LogP) is 2.43. The maximum atomic E-state index is 11.2. The molecule has 0 saturated heterocycles. The summed E-state index contributed by atoms with van der Waals surface area (Å²) in [6, 6.07) is 5.71. The maximum absolute atomic E-state index is 11.2. The van der Waals surface area contributed by atoms with Crippen LogP contribution in [0, 0.1) is 0 Å². The number of hydrogen-bond donors (Lipinski definition) is 0. The van der Waals surface area contributed by atoms with Crippen molar-refractivity contribution in [3.8, 4) is 5.75 Å². The van der Waals surface area contributed by atoms with Crippen LogP contribution < -0.4 is 9.63 Å². The van der Waals surface area contributed by atoms with E-state index in [1.54, 1.807) is 0 Å². The first-order valence-electron chi connectivity index (χ1n) is 4.39. The van der Waals surface area contributed by atoms with Crippen molar-refractivity contribution in [2.24, 2.45) is 0 Å². The minimum Gasteiger partial charge on any atom is -0.770 e. The Morgan fingerprint density at radius 1 is 1.44 bits per heavy atom. The zero-order chi connectivity index (χ0) is 12.2. The minimum absolute atomic E-state index is 0.0881. The van der Waals surface area contributed by atoms with Crippen LogP contribution in [0.1, 0.15) is 6.92 Å². The average Bonchev–Trinajstić information content (AvgIpc) is 2.21. The lowest BCUT2D eigenvalue weighted by atomic mass is 10.3. The van der Waals surface area contributed by atoms with Gasteiger partial charge in [-0.1, -0.05) is 11.6 Å². The fourth-order valence-electron chi connectivity index (χ4n) is 0.882. The van der Waals surface area contributed by atoms with Crippen molar-refractivity contribution in [3.05, 3.63) is 29.3 Å². The third-order valence-corrected chi connectivity index (χ3v) is 2.93. The van der Waals surface area contributed by atoms with Gasteiger partial charge in [0.2, 0.25) is 7.60 Å². The molecular weight excluding hydrogens is 255 g/mol. The third-order valence-electron chi connectivity index (χ3n) is 1.54. The highest BCUT2D eigenvalue weighted by molar-refractivity contribution is 7.69. The van der Waals surface area contributed by atoms with Crippen molar-refractivity contribution in [2.75, 3.05) is 6.61 Å². The molecule has 0 aliphatic heterocycles. The Bertz CT molecular complexity index is 416. The van der Waals surface area contributed by atoms with Gasteiger partial charge in [0.05, 0.1) is 6.61 Å². The van der Waals surface area contributed by atoms with E-state index in [9.17, 15) is 14.3 Å². The maximum Gasteiger partial charge on any atom is 0.382 e. The van der Waals surface area contributed by atoms with Gasteiger partial charge < -0.3 is 14.2 Å². The molecule has 1 aromatic rings. The van der Waals surface area contributed by atoms with Crippen LogP contribution in [0.25, 0.3) is 0 Å². The molecule has 88 valence electrons. The number of halogens is 1. The molecule has 0 N–H and O–H groups in total. The zero-order valence-electron chi connectivity index (χ0n) is 8.38. The molecule has 0 radical (unpaired) electrons. The fourth-order valence-corrected chi connectivity index (χ4v) is 1.67. The van der Waals surface area contributed by atoms with E-state index in [4.69, 9.17) is 11.6 Å². The molecule has 5 nitrogen and oxygen atoms in total. The first-order chi connectivity index (χ1) is 7.45. The van der Waals surface area contributed by atoms with E-state index in [-0.39, 0.29) is 12.4 Å². The van der Waals surface area contributed by atoms with Crippen molar-refractivity contribution in [2.45, 2.75) is 6.92 Å². The molecule has 0 spiro atoms. The van der Waals surface area contributed by atoms with Crippen LogP contribution in [0.5, 0.6) is 5.75 Å². The molecule has 1 aromatic carbocycles. The van der Waals surface area contributed by atoms with Crippen LogP contribution >= 0.6 is 19.2 Å². The highest BCUT2D eigenvalue weighted by Gasteiger charge is 2.22. The Morgan fingerprint density at radius 2 is 2.00 bits per heavy atom. The van der Waals surface area contributed by atoms with E-state index in [1.165, 1.54) is 31.2 Å². The summed E-state index contributed by atoms with van der Waals surface area (Å²) in [5.41, 5.74) is -1.42. The zero-order valence-corrected chi connectivity index (χ0v) is 10.0. The summed E-state index contributed by atoms with van der Waals surface area (Å²) in [4.78, 5) is 22.3. The number of ether oxygens (including phenoxy) is 1. The summed E-state index contributed by atoms with van der Waals surface area (Å²) in [5, 5.41) is 0.454. The van der Waals surface area contributed by atoms with Crippen LogP contribution in [0.15, 0.2) is 24.3 Å². The molecule has 0 heterocycles. The van der Waals surface area contributed by atoms with Gasteiger partial charge in [0.15, 0.2) is 0 Å². The second-order valence-corrected chi connectivity index (χ2v) is 4.79. The van der Waals surface area contributed by atoms with E-state index in [0.29, 0.717) is 5.02 Å². The monoisotopic (exact) mass is 263 g/mol. The topological polar surface area (TPSA) is 75.7 Å². The van der Waals surface area contributed by atoms with Crippen LogP contribution in [0.2, 0.25) is 5.02 Å². The molecule has 1 unspecified atom stereocenters. The number of hydrogen-bond acceptors (Lipinski definition) is 5. The molecule has 16 heavy (non-hydrogen) atoms. The quantitative estimate of drug-likeness (QED) is 0.780. The first-order valence-corrected chi connectivity index (χ1v) is 6.31. The van der Waals surface area contributed by atoms with Crippen LogP contribution in [-0.4, -0.2) is 12.3 Å². The Morgan fingerprint density at radius 3 is 2.50 bits per heavy atom. The standard InChI is InChI=1S/C9H10ClO5P/c1-2-14-16(12,13)9(11)15-8-5-3-7(10)4-6-8/h3-6H,2H2,1H3,(H,12,13)/p-1. The molecule has 0 bridgehead atoms. The van der Waals surface area contributed by atoms with Crippen LogP contribution in [0.4, 0.5) is 4.79 Å². The Kier molecular flexibility index (Phi) is 4.50. The van der Waals surface area contributed by atoms with Crippen LogP contribution in [0.3, 0.4) is 0 Å². The van der Waals surface area contributed by atoms with E-state index >= 15 is 0 Å². The SMILES string of the molecule is CCOP(=O)([O-])C(=O)Oc1ccc(Cl)cc1. The third kappa shape index (κ3) is 3.61. The predicted molar refractivity (Wildman–Crippen MR) is 56.7 cm³/mol. The smallest absolute Gasteiger partial charge is 0.382 e. The summed E-state index contributed by atoms with van der Waals surface area (Å²) < 4.78 is 20.0. The summed E-state index contributed by atoms with van der Waals surface area (Å²) >= 11 is 5.61. The van der Waals surface area contributed by atoms with Gasteiger partial charge in [0.25, 0.3) is 0 Å². The van der Waals surface area contributed by atoms with Crippen molar-refractivity contribution in [1.29, 1.82) is 0 Å². The molecular formula is C9H9ClO5P-. The fraction of sp³-hybridized carbons (Fsp3) is 0.222. The second kappa shape index (κ2) is 5.46. The van der Waals surface area contributed by atoms with E-state index in [2.05, 4.69) is 9.26 Å².